The SMILES string of the molecule is C#CC[N+]1(CC#C)CCN(C(=O)OCC)CC1. The lowest BCUT2D eigenvalue weighted by atomic mass is 10.2. The van der Waals surface area contributed by atoms with Gasteiger partial charge in [-0.2, -0.15) is 0 Å². The number of rotatable bonds is 3. The molecule has 17 heavy (non-hydrogen) atoms. The zero-order chi connectivity index (χ0) is 12.7. The topological polar surface area (TPSA) is 29.5 Å². The largest absolute Gasteiger partial charge is 0.450 e. The van der Waals surface area contributed by atoms with Crippen LogP contribution in [0, 0.1) is 24.7 Å². The number of amides is 1. The third kappa shape index (κ3) is 3.41. The highest BCUT2D eigenvalue weighted by Gasteiger charge is 2.33. The highest BCUT2D eigenvalue weighted by molar-refractivity contribution is 5.67. The Kier molecular flexibility index (Phi) is 4.87. The van der Waals surface area contributed by atoms with Gasteiger partial charge < -0.3 is 9.22 Å². The molecule has 0 spiro atoms. The molecular weight excluding hydrogens is 216 g/mol. The van der Waals surface area contributed by atoms with Crippen molar-refractivity contribution < 1.29 is 14.0 Å². The summed E-state index contributed by atoms with van der Waals surface area (Å²) in [4.78, 5) is 13.3. The van der Waals surface area contributed by atoms with E-state index in [0.717, 1.165) is 13.1 Å². The fraction of sp³-hybridized carbons (Fsp3) is 0.615. The summed E-state index contributed by atoms with van der Waals surface area (Å²) in [6.07, 6.45) is 10.5. The quantitative estimate of drug-likeness (QED) is 0.528. The fourth-order valence-electron chi connectivity index (χ4n) is 2.05. The molecule has 1 aliphatic heterocycles. The molecule has 1 aliphatic rings. The molecule has 1 fully saturated rings. The summed E-state index contributed by atoms with van der Waals surface area (Å²) in [6.45, 7) is 6.37. The molecule has 0 aliphatic carbocycles. The van der Waals surface area contributed by atoms with E-state index in [1.165, 1.54) is 0 Å². The van der Waals surface area contributed by atoms with Gasteiger partial charge in [-0.25, -0.2) is 4.79 Å². The smallest absolute Gasteiger partial charge is 0.410 e. The Morgan fingerprint density at radius 1 is 1.29 bits per heavy atom. The maximum Gasteiger partial charge on any atom is 0.410 e. The Bertz CT molecular complexity index is 325. The maximum absolute atomic E-state index is 11.5. The Labute approximate surface area is 103 Å². The summed E-state index contributed by atoms with van der Waals surface area (Å²) >= 11 is 0. The van der Waals surface area contributed by atoms with Gasteiger partial charge in [-0.3, -0.25) is 4.90 Å². The molecule has 1 saturated heterocycles. The molecule has 1 rings (SSSR count). The molecule has 0 aromatic heterocycles. The Morgan fingerprint density at radius 3 is 2.24 bits per heavy atom. The van der Waals surface area contributed by atoms with Crippen LogP contribution in [0.25, 0.3) is 0 Å². The van der Waals surface area contributed by atoms with Gasteiger partial charge in [0.25, 0.3) is 0 Å². The molecular formula is C13H19N2O2+. The van der Waals surface area contributed by atoms with Crippen LogP contribution in [0.5, 0.6) is 0 Å². The van der Waals surface area contributed by atoms with E-state index < -0.39 is 0 Å². The van der Waals surface area contributed by atoms with Crippen LogP contribution in [-0.2, 0) is 4.74 Å². The maximum atomic E-state index is 11.5. The van der Waals surface area contributed by atoms with Crippen molar-refractivity contribution in [3.8, 4) is 24.7 Å². The normalized spacial score (nSPS) is 17.9. The third-order valence-electron chi connectivity index (χ3n) is 3.07. The number of carbonyl (C=O) groups excluding carboxylic acids is 1. The van der Waals surface area contributed by atoms with Crippen LogP contribution in [0.3, 0.4) is 0 Å². The zero-order valence-electron chi connectivity index (χ0n) is 10.3. The Balaban J connectivity index is 2.56. The van der Waals surface area contributed by atoms with Gasteiger partial charge in [-0.05, 0) is 18.8 Å². The van der Waals surface area contributed by atoms with Gasteiger partial charge in [-0.15, -0.1) is 12.8 Å². The average Bonchev–Trinajstić information content (AvgIpc) is 2.31. The molecule has 0 aromatic carbocycles. The number of carbonyl (C=O) groups is 1. The first-order valence-electron chi connectivity index (χ1n) is 5.81. The van der Waals surface area contributed by atoms with Gasteiger partial charge in [0, 0.05) is 0 Å². The van der Waals surface area contributed by atoms with Crippen LogP contribution in [0.15, 0.2) is 0 Å². The minimum Gasteiger partial charge on any atom is -0.450 e. The number of hydrogen-bond acceptors (Lipinski definition) is 2. The number of piperazine rings is 1. The van der Waals surface area contributed by atoms with Crippen molar-refractivity contribution in [3.63, 3.8) is 0 Å². The number of ether oxygens (including phenoxy) is 1. The second kappa shape index (κ2) is 6.18. The van der Waals surface area contributed by atoms with Gasteiger partial charge in [0.15, 0.2) is 0 Å². The number of quaternary nitrogens is 1. The van der Waals surface area contributed by atoms with Gasteiger partial charge >= 0.3 is 6.09 Å². The van der Waals surface area contributed by atoms with E-state index in [-0.39, 0.29) is 6.09 Å². The van der Waals surface area contributed by atoms with Crippen molar-refractivity contribution in [2.45, 2.75) is 6.92 Å². The first-order chi connectivity index (χ1) is 8.17. The van der Waals surface area contributed by atoms with E-state index in [9.17, 15) is 4.79 Å². The summed E-state index contributed by atoms with van der Waals surface area (Å²) < 4.78 is 5.68. The molecule has 0 N–H and O–H groups in total. The summed E-state index contributed by atoms with van der Waals surface area (Å²) in [6, 6.07) is 0. The molecule has 1 amide bonds. The highest BCUT2D eigenvalue weighted by atomic mass is 16.6. The first kappa shape index (κ1) is 13.4. The van der Waals surface area contributed by atoms with Crippen LogP contribution < -0.4 is 0 Å². The predicted octanol–water partition coefficient (Wildman–Crippen LogP) is 0.542. The monoisotopic (exact) mass is 235 g/mol. The Morgan fingerprint density at radius 2 is 1.82 bits per heavy atom. The molecule has 0 unspecified atom stereocenters. The molecule has 0 bridgehead atoms. The lowest BCUT2D eigenvalue weighted by Crippen LogP contribution is -2.60. The average molecular weight is 235 g/mol. The zero-order valence-corrected chi connectivity index (χ0v) is 10.3. The van der Waals surface area contributed by atoms with E-state index in [2.05, 4.69) is 11.8 Å². The molecule has 4 heteroatoms. The number of nitrogens with zero attached hydrogens (tertiary/aromatic N) is 2. The van der Waals surface area contributed by atoms with E-state index in [4.69, 9.17) is 17.6 Å². The van der Waals surface area contributed by atoms with E-state index in [1.54, 1.807) is 11.8 Å². The van der Waals surface area contributed by atoms with Crippen LogP contribution in [0.1, 0.15) is 6.92 Å². The van der Waals surface area contributed by atoms with Gasteiger partial charge in [0.2, 0.25) is 0 Å². The summed E-state index contributed by atoms with van der Waals surface area (Å²) in [5, 5.41) is 0. The predicted molar refractivity (Wildman–Crippen MR) is 66.0 cm³/mol. The number of hydrogen-bond donors (Lipinski definition) is 0. The lowest BCUT2D eigenvalue weighted by Gasteiger charge is -2.42. The van der Waals surface area contributed by atoms with E-state index in [1.807, 2.05) is 0 Å². The molecule has 1 heterocycles. The summed E-state index contributed by atoms with van der Waals surface area (Å²) in [7, 11) is 0. The molecule has 0 atom stereocenters. The van der Waals surface area contributed by atoms with Crippen molar-refractivity contribution >= 4 is 6.09 Å². The van der Waals surface area contributed by atoms with Crippen LogP contribution in [0.4, 0.5) is 4.79 Å². The first-order valence-corrected chi connectivity index (χ1v) is 5.81. The van der Waals surface area contributed by atoms with Gasteiger partial charge in [0.05, 0.1) is 32.8 Å². The minimum atomic E-state index is -0.244. The van der Waals surface area contributed by atoms with Crippen molar-refractivity contribution in [1.82, 2.24) is 4.90 Å². The Hall–Kier alpha value is -1.65. The molecule has 0 radical (unpaired) electrons. The molecule has 0 saturated carbocycles. The minimum absolute atomic E-state index is 0.244. The summed E-state index contributed by atoms with van der Waals surface area (Å²) in [5.41, 5.74) is 0. The van der Waals surface area contributed by atoms with Crippen molar-refractivity contribution in [2.75, 3.05) is 45.9 Å². The van der Waals surface area contributed by atoms with Crippen molar-refractivity contribution in [1.29, 1.82) is 0 Å². The molecule has 4 nitrogen and oxygen atoms in total. The van der Waals surface area contributed by atoms with Crippen molar-refractivity contribution in [2.24, 2.45) is 0 Å². The van der Waals surface area contributed by atoms with Gasteiger partial charge in [-0.1, -0.05) is 0 Å². The third-order valence-corrected chi connectivity index (χ3v) is 3.07. The van der Waals surface area contributed by atoms with E-state index in [0.29, 0.717) is 37.3 Å². The number of terminal acetylenes is 2. The fourth-order valence-corrected chi connectivity index (χ4v) is 2.05. The second-order valence-electron chi connectivity index (χ2n) is 4.20. The van der Waals surface area contributed by atoms with Crippen LogP contribution in [0.2, 0.25) is 0 Å². The molecule has 92 valence electrons. The summed E-state index contributed by atoms with van der Waals surface area (Å²) in [5.74, 6) is 5.35. The lowest BCUT2D eigenvalue weighted by molar-refractivity contribution is -0.918. The molecule has 0 aromatic rings. The van der Waals surface area contributed by atoms with E-state index >= 15 is 0 Å². The standard InChI is InChI=1S/C13H19N2O2/c1-4-9-15(10-5-2)11-7-14(8-12-15)13(16)17-6-3/h1-2H,6-12H2,3H3/q+1. The second-order valence-corrected chi connectivity index (χ2v) is 4.20. The van der Waals surface area contributed by atoms with Crippen LogP contribution >= 0.6 is 0 Å². The van der Waals surface area contributed by atoms with Crippen molar-refractivity contribution in [3.05, 3.63) is 0 Å². The highest BCUT2D eigenvalue weighted by Crippen LogP contribution is 2.13. The van der Waals surface area contributed by atoms with Gasteiger partial charge in [0.1, 0.15) is 13.1 Å². The van der Waals surface area contributed by atoms with Crippen LogP contribution in [-0.4, -0.2) is 61.4 Å².